The summed E-state index contributed by atoms with van der Waals surface area (Å²) in [5, 5.41) is 3.18. The van der Waals surface area contributed by atoms with Crippen LogP contribution in [-0.4, -0.2) is 35.8 Å². The lowest BCUT2D eigenvalue weighted by atomic mass is 9.81. The van der Waals surface area contributed by atoms with Crippen LogP contribution in [0.3, 0.4) is 0 Å². The van der Waals surface area contributed by atoms with Gasteiger partial charge in [-0.25, -0.2) is 4.39 Å². The van der Waals surface area contributed by atoms with E-state index in [2.05, 4.69) is 12.2 Å². The average molecular weight is 360 g/mol. The number of nitrogens with one attached hydrogen (secondary N) is 1. The number of carbonyl (C=O) groups is 2. The molecule has 0 aromatic heterocycles. The summed E-state index contributed by atoms with van der Waals surface area (Å²) in [5.41, 5.74) is 0.527. The Hall–Kier alpha value is -1.91. The Morgan fingerprint density at radius 1 is 1.12 bits per heavy atom. The Balaban J connectivity index is 1.55. The molecule has 3 rings (SSSR count). The molecular weight excluding hydrogens is 331 g/mol. The minimum atomic E-state index is -0.333. The maximum atomic E-state index is 13.1. The second-order valence-electron chi connectivity index (χ2n) is 7.73. The number of carbonyl (C=O) groups excluding carboxylic acids is 2. The molecule has 2 aliphatic rings. The number of halogens is 1. The number of hydrogen-bond acceptors (Lipinski definition) is 2. The number of amides is 2. The van der Waals surface area contributed by atoms with Gasteiger partial charge in [0.05, 0.1) is 0 Å². The highest BCUT2D eigenvalue weighted by atomic mass is 19.1. The summed E-state index contributed by atoms with van der Waals surface area (Å²) >= 11 is 0. The minimum absolute atomic E-state index is 0.0442. The van der Waals surface area contributed by atoms with Crippen molar-refractivity contribution in [3.05, 3.63) is 35.6 Å². The van der Waals surface area contributed by atoms with Crippen LogP contribution in [0.15, 0.2) is 24.3 Å². The number of rotatable bonds is 5. The van der Waals surface area contributed by atoms with Crippen molar-refractivity contribution >= 4 is 11.8 Å². The van der Waals surface area contributed by atoms with E-state index < -0.39 is 0 Å². The Morgan fingerprint density at radius 3 is 2.46 bits per heavy atom. The first-order chi connectivity index (χ1) is 12.6. The zero-order valence-electron chi connectivity index (χ0n) is 15.5. The summed E-state index contributed by atoms with van der Waals surface area (Å²) in [7, 11) is 0. The third kappa shape index (κ3) is 4.63. The number of benzene rings is 1. The van der Waals surface area contributed by atoms with Crippen molar-refractivity contribution in [3.8, 4) is 0 Å². The van der Waals surface area contributed by atoms with E-state index in [1.165, 1.54) is 25.0 Å². The Kier molecular flexibility index (Phi) is 6.28. The zero-order valence-corrected chi connectivity index (χ0v) is 15.5. The molecule has 1 aliphatic heterocycles. The molecule has 2 amide bonds. The molecular formula is C21H29FN2O2. The minimum Gasteiger partial charge on any atom is -0.353 e. The smallest absolute Gasteiger partial charge is 0.253 e. The fraction of sp³-hybridized carbons (Fsp3) is 0.619. The number of piperidine rings is 1. The molecule has 2 fully saturated rings. The summed E-state index contributed by atoms with van der Waals surface area (Å²) in [5.74, 6) is 0.456. The fourth-order valence-electron chi connectivity index (χ4n) is 4.37. The largest absolute Gasteiger partial charge is 0.353 e. The van der Waals surface area contributed by atoms with E-state index in [0.29, 0.717) is 43.0 Å². The number of nitrogens with zero attached hydrogens (tertiary/aromatic N) is 1. The predicted octanol–water partition coefficient (Wildman–Crippen LogP) is 3.76. The van der Waals surface area contributed by atoms with Gasteiger partial charge in [-0.2, -0.15) is 0 Å². The summed E-state index contributed by atoms with van der Waals surface area (Å²) in [4.78, 5) is 26.9. The summed E-state index contributed by atoms with van der Waals surface area (Å²) < 4.78 is 13.1. The van der Waals surface area contributed by atoms with Crippen LogP contribution in [0.2, 0.25) is 0 Å². The first kappa shape index (κ1) is 18.9. The Bertz CT molecular complexity index is 625. The molecule has 0 spiro atoms. The topological polar surface area (TPSA) is 49.4 Å². The third-order valence-corrected chi connectivity index (χ3v) is 5.96. The molecule has 0 radical (unpaired) electrons. The molecule has 4 nitrogen and oxygen atoms in total. The first-order valence-corrected chi connectivity index (χ1v) is 9.91. The fourth-order valence-corrected chi connectivity index (χ4v) is 4.37. The van der Waals surface area contributed by atoms with E-state index in [0.717, 1.165) is 25.7 Å². The Labute approximate surface area is 155 Å². The van der Waals surface area contributed by atoms with Crippen LogP contribution < -0.4 is 5.32 Å². The van der Waals surface area contributed by atoms with Crippen LogP contribution in [0.5, 0.6) is 0 Å². The molecule has 1 saturated carbocycles. The van der Waals surface area contributed by atoms with Gasteiger partial charge in [0, 0.05) is 31.1 Å². The van der Waals surface area contributed by atoms with Gasteiger partial charge in [-0.3, -0.25) is 9.59 Å². The molecule has 1 saturated heterocycles. The van der Waals surface area contributed by atoms with E-state index in [-0.39, 0.29) is 17.6 Å². The van der Waals surface area contributed by atoms with Crippen LogP contribution >= 0.6 is 0 Å². The molecule has 5 heteroatoms. The van der Waals surface area contributed by atoms with Gasteiger partial charge in [-0.15, -0.1) is 0 Å². The summed E-state index contributed by atoms with van der Waals surface area (Å²) in [6.45, 7) is 3.46. The maximum absolute atomic E-state index is 13.1. The number of likely N-dealkylation sites (tertiary alicyclic amines) is 1. The van der Waals surface area contributed by atoms with Crippen LogP contribution in [0.4, 0.5) is 4.39 Å². The molecule has 0 unspecified atom stereocenters. The van der Waals surface area contributed by atoms with E-state index in [4.69, 9.17) is 0 Å². The third-order valence-electron chi connectivity index (χ3n) is 5.96. The van der Waals surface area contributed by atoms with Gasteiger partial charge in [0.2, 0.25) is 5.91 Å². The molecule has 1 aliphatic carbocycles. The van der Waals surface area contributed by atoms with Gasteiger partial charge in [-0.1, -0.05) is 26.2 Å². The van der Waals surface area contributed by atoms with Gasteiger partial charge in [0.1, 0.15) is 5.82 Å². The van der Waals surface area contributed by atoms with Crippen LogP contribution in [0.25, 0.3) is 0 Å². The Morgan fingerprint density at radius 2 is 1.81 bits per heavy atom. The SMILES string of the molecule is CC[C@H]1CN(C(=O)c2ccc(F)cc2)CC[C@H]1CC(=O)NC1CCCC1. The lowest BCUT2D eigenvalue weighted by Crippen LogP contribution is -2.45. The lowest BCUT2D eigenvalue weighted by Gasteiger charge is -2.38. The number of hydrogen-bond donors (Lipinski definition) is 1. The molecule has 1 aromatic carbocycles. The van der Waals surface area contributed by atoms with E-state index in [9.17, 15) is 14.0 Å². The van der Waals surface area contributed by atoms with Gasteiger partial charge in [0.25, 0.3) is 5.91 Å². The standard InChI is InChI=1S/C21H29FN2O2/c1-2-15-14-24(21(26)16-7-9-18(22)10-8-16)12-11-17(15)13-20(25)23-19-5-3-4-6-19/h7-10,15,17,19H,2-6,11-14H2,1H3,(H,23,25)/t15-,17-/m0/s1. The van der Waals surface area contributed by atoms with Crippen molar-refractivity contribution in [1.82, 2.24) is 10.2 Å². The average Bonchev–Trinajstić information content (AvgIpc) is 3.15. The van der Waals surface area contributed by atoms with Crippen LogP contribution in [0.1, 0.15) is 62.2 Å². The van der Waals surface area contributed by atoms with Crippen molar-refractivity contribution in [2.45, 2.75) is 57.9 Å². The highest BCUT2D eigenvalue weighted by Gasteiger charge is 2.32. The molecule has 2 atom stereocenters. The van der Waals surface area contributed by atoms with Crippen molar-refractivity contribution in [3.63, 3.8) is 0 Å². The first-order valence-electron chi connectivity index (χ1n) is 9.91. The lowest BCUT2D eigenvalue weighted by molar-refractivity contribution is -0.123. The second-order valence-corrected chi connectivity index (χ2v) is 7.73. The van der Waals surface area contributed by atoms with E-state index in [1.54, 1.807) is 12.1 Å². The van der Waals surface area contributed by atoms with E-state index in [1.807, 2.05) is 4.90 Å². The highest BCUT2D eigenvalue weighted by Crippen LogP contribution is 2.30. The molecule has 142 valence electrons. The predicted molar refractivity (Wildman–Crippen MR) is 99.2 cm³/mol. The quantitative estimate of drug-likeness (QED) is 0.869. The van der Waals surface area contributed by atoms with Gasteiger partial charge in [0.15, 0.2) is 0 Å². The van der Waals surface area contributed by atoms with Gasteiger partial charge in [-0.05, 0) is 55.4 Å². The summed E-state index contributed by atoms with van der Waals surface area (Å²) in [6.07, 6.45) is 7.01. The monoisotopic (exact) mass is 360 g/mol. The van der Waals surface area contributed by atoms with Crippen molar-refractivity contribution in [2.75, 3.05) is 13.1 Å². The van der Waals surface area contributed by atoms with Crippen LogP contribution in [0, 0.1) is 17.7 Å². The molecule has 0 bridgehead atoms. The van der Waals surface area contributed by atoms with Crippen molar-refractivity contribution < 1.29 is 14.0 Å². The molecule has 1 N–H and O–H groups in total. The molecule has 26 heavy (non-hydrogen) atoms. The van der Waals surface area contributed by atoms with Gasteiger partial charge >= 0.3 is 0 Å². The molecule has 1 heterocycles. The second kappa shape index (κ2) is 8.65. The highest BCUT2D eigenvalue weighted by molar-refractivity contribution is 5.94. The van der Waals surface area contributed by atoms with Crippen molar-refractivity contribution in [2.24, 2.45) is 11.8 Å². The normalized spacial score (nSPS) is 23.8. The summed E-state index contributed by atoms with van der Waals surface area (Å²) in [6, 6.07) is 6.09. The maximum Gasteiger partial charge on any atom is 0.253 e. The van der Waals surface area contributed by atoms with E-state index >= 15 is 0 Å². The van der Waals surface area contributed by atoms with Crippen LogP contribution in [-0.2, 0) is 4.79 Å². The molecule has 1 aromatic rings. The zero-order chi connectivity index (χ0) is 18.5. The van der Waals surface area contributed by atoms with Crippen molar-refractivity contribution in [1.29, 1.82) is 0 Å². The van der Waals surface area contributed by atoms with Gasteiger partial charge < -0.3 is 10.2 Å².